The number of rotatable bonds is 5. The zero-order valence-corrected chi connectivity index (χ0v) is 11.5. The Bertz CT molecular complexity index is 647. The van der Waals surface area contributed by atoms with Crippen LogP contribution in [0, 0.1) is 0 Å². The quantitative estimate of drug-likeness (QED) is 0.705. The van der Waals surface area contributed by atoms with Crippen molar-refractivity contribution in [2.75, 3.05) is 7.05 Å². The van der Waals surface area contributed by atoms with Crippen molar-refractivity contribution in [3.63, 3.8) is 0 Å². The molecule has 0 radical (unpaired) electrons. The molecule has 7 nitrogen and oxygen atoms in total. The number of aliphatic carboxylic acids is 1. The van der Waals surface area contributed by atoms with Crippen LogP contribution in [0.15, 0.2) is 29.2 Å². The highest BCUT2D eigenvalue weighted by Gasteiger charge is 2.51. The van der Waals surface area contributed by atoms with Gasteiger partial charge in [0.2, 0.25) is 10.0 Å². The second-order valence-electron chi connectivity index (χ2n) is 4.57. The molecule has 1 fully saturated rings. The molecule has 8 heteroatoms. The van der Waals surface area contributed by atoms with Crippen molar-refractivity contribution >= 4 is 21.9 Å². The molecule has 0 spiro atoms. The van der Waals surface area contributed by atoms with Gasteiger partial charge in [0, 0.05) is 5.56 Å². The zero-order chi connectivity index (χ0) is 15.0. The molecule has 0 unspecified atom stereocenters. The molecule has 0 saturated heterocycles. The Morgan fingerprint density at radius 2 is 1.75 bits per heavy atom. The van der Waals surface area contributed by atoms with E-state index in [1.54, 1.807) is 0 Å². The number of hydrogen-bond acceptors (Lipinski definition) is 4. The number of sulfonamides is 1. The van der Waals surface area contributed by atoms with Gasteiger partial charge in [0.05, 0.1) is 4.90 Å². The average molecular weight is 298 g/mol. The van der Waals surface area contributed by atoms with Crippen molar-refractivity contribution in [2.45, 2.75) is 23.3 Å². The molecule has 1 saturated carbocycles. The van der Waals surface area contributed by atoms with Gasteiger partial charge in [-0.2, -0.15) is 0 Å². The first-order valence-electron chi connectivity index (χ1n) is 5.90. The molecule has 1 aromatic rings. The molecule has 2 rings (SSSR count). The third-order valence-electron chi connectivity index (χ3n) is 3.21. The summed E-state index contributed by atoms with van der Waals surface area (Å²) in [6.07, 6.45) is 0.806. The lowest BCUT2D eigenvalue weighted by molar-refractivity contribution is -0.140. The summed E-state index contributed by atoms with van der Waals surface area (Å²) in [6, 6.07) is 5.27. The van der Waals surface area contributed by atoms with Gasteiger partial charge in [0.15, 0.2) is 0 Å². The number of hydrogen-bond donors (Lipinski definition) is 3. The lowest BCUT2D eigenvalue weighted by Crippen LogP contribution is -2.43. The maximum Gasteiger partial charge on any atom is 0.329 e. The highest BCUT2D eigenvalue weighted by Crippen LogP contribution is 2.35. The van der Waals surface area contributed by atoms with Gasteiger partial charge < -0.3 is 10.4 Å². The van der Waals surface area contributed by atoms with Crippen molar-refractivity contribution < 1.29 is 23.1 Å². The highest BCUT2D eigenvalue weighted by molar-refractivity contribution is 7.89. The van der Waals surface area contributed by atoms with E-state index >= 15 is 0 Å². The number of carbonyl (C=O) groups is 2. The molecular formula is C12H14N2O5S. The van der Waals surface area contributed by atoms with Crippen LogP contribution in [0.2, 0.25) is 0 Å². The van der Waals surface area contributed by atoms with E-state index in [0.29, 0.717) is 12.8 Å². The van der Waals surface area contributed by atoms with E-state index in [0.717, 1.165) is 0 Å². The molecule has 0 aliphatic heterocycles. The van der Waals surface area contributed by atoms with Gasteiger partial charge in [0.25, 0.3) is 5.91 Å². The predicted octanol–water partition coefficient (Wildman–Crippen LogP) is -0.0583. The molecule has 108 valence electrons. The highest BCUT2D eigenvalue weighted by atomic mass is 32.2. The minimum atomic E-state index is -3.55. The number of benzene rings is 1. The fourth-order valence-corrected chi connectivity index (χ4v) is 2.44. The summed E-state index contributed by atoms with van der Waals surface area (Å²) in [5.41, 5.74) is -0.945. The Morgan fingerprint density at radius 1 is 1.20 bits per heavy atom. The van der Waals surface area contributed by atoms with Gasteiger partial charge in [-0.15, -0.1) is 0 Å². The minimum absolute atomic E-state index is 0.0379. The Balaban J connectivity index is 2.15. The van der Waals surface area contributed by atoms with E-state index in [-0.39, 0.29) is 10.5 Å². The Kier molecular flexibility index (Phi) is 3.53. The number of carboxylic acid groups (broad SMARTS) is 1. The standard InChI is InChI=1S/C12H14N2O5S/c1-13-20(18,19)9-4-2-8(3-5-9)10(15)14-12(6-7-12)11(16)17/h2-5,13H,6-7H2,1H3,(H,14,15)(H,16,17). The maximum absolute atomic E-state index is 11.9. The lowest BCUT2D eigenvalue weighted by Gasteiger charge is -2.12. The first-order valence-corrected chi connectivity index (χ1v) is 7.39. The predicted molar refractivity (Wildman–Crippen MR) is 69.8 cm³/mol. The third kappa shape index (κ3) is 2.66. The molecule has 3 N–H and O–H groups in total. The minimum Gasteiger partial charge on any atom is -0.480 e. The fourth-order valence-electron chi connectivity index (χ4n) is 1.71. The molecule has 0 heterocycles. The molecule has 1 aliphatic rings. The largest absolute Gasteiger partial charge is 0.480 e. The number of carbonyl (C=O) groups excluding carboxylic acids is 1. The summed E-state index contributed by atoms with van der Waals surface area (Å²) in [5, 5.41) is 11.4. The average Bonchev–Trinajstić information content (AvgIpc) is 3.20. The number of carboxylic acids is 1. The van der Waals surface area contributed by atoms with Crippen LogP contribution in [0.5, 0.6) is 0 Å². The number of nitrogens with one attached hydrogen (secondary N) is 2. The molecule has 1 amide bonds. The van der Waals surface area contributed by atoms with E-state index < -0.39 is 27.4 Å². The Labute approximate surface area is 116 Å². The normalized spacial score (nSPS) is 16.4. The van der Waals surface area contributed by atoms with Gasteiger partial charge in [-0.25, -0.2) is 17.9 Å². The van der Waals surface area contributed by atoms with Crippen LogP contribution in [0.4, 0.5) is 0 Å². The smallest absolute Gasteiger partial charge is 0.329 e. The van der Waals surface area contributed by atoms with E-state index in [1.165, 1.54) is 31.3 Å². The molecule has 20 heavy (non-hydrogen) atoms. The third-order valence-corrected chi connectivity index (χ3v) is 4.64. The molecule has 1 aliphatic carbocycles. The summed E-state index contributed by atoms with van der Waals surface area (Å²) in [5.74, 6) is -1.58. The molecule has 1 aromatic carbocycles. The summed E-state index contributed by atoms with van der Waals surface area (Å²) in [7, 11) is -2.26. The second-order valence-corrected chi connectivity index (χ2v) is 6.46. The van der Waals surface area contributed by atoms with Crippen molar-refractivity contribution in [3.8, 4) is 0 Å². The second kappa shape index (κ2) is 4.88. The molecular weight excluding hydrogens is 284 g/mol. The molecule has 0 atom stereocenters. The van der Waals surface area contributed by atoms with Crippen molar-refractivity contribution in [2.24, 2.45) is 0 Å². The van der Waals surface area contributed by atoms with Crippen molar-refractivity contribution in [1.29, 1.82) is 0 Å². The first-order chi connectivity index (χ1) is 9.31. The first kappa shape index (κ1) is 14.5. The van der Waals surface area contributed by atoms with Gasteiger partial charge >= 0.3 is 5.97 Å². The van der Waals surface area contributed by atoms with Crippen LogP contribution < -0.4 is 10.0 Å². The lowest BCUT2D eigenvalue weighted by atomic mass is 10.2. The van der Waals surface area contributed by atoms with Gasteiger partial charge in [0.1, 0.15) is 5.54 Å². The van der Waals surface area contributed by atoms with Gasteiger partial charge in [-0.05, 0) is 44.2 Å². The molecule has 0 bridgehead atoms. The van der Waals surface area contributed by atoms with Crippen LogP contribution in [-0.4, -0.2) is 38.0 Å². The van der Waals surface area contributed by atoms with Crippen LogP contribution in [0.3, 0.4) is 0 Å². The summed E-state index contributed by atoms with van der Waals surface area (Å²) >= 11 is 0. The van der Waals surface area contributed by atoms with E-state index in [2.05, 4.69) is 10.0 Å². The Hall–Kier alpha value is -1.93. The van der Waals surface area contributed by atoms with E-state index in [9.17, 15) is 18.0 Å². The van der Waals surface area contributed by atoms with Crippen LogP contribution in [0.1, 0.15) is 23.2 Å². The van der Waals surface area contributed by atoms with Crippen molar-refractivity contribution in [1.82, 2.24) is 10.0 Å². The maximum atomic E-state index is 11.9. The summed E-state index contributed by atoms with van der Waals surface area (Å²) in [4.78, 5) is 22.9. The topological polar surface area (TPSA) is 113 Å². The van der Waals surface area contributed by atoms with Gasteiger partial charge in [-0.3, -0.25) is 4.79 Å². The van der Waals surface area contributed by atoms with Gasteiger partial charge in [-0.1, -0.05) is 0 Å². The van der Waals surface area contributed by atoms with Crippen LogP contribution in [-0.2, 0) is 14.8 Å². The van der Waals surface area contributed by atoms with E-state index in [4.69, 9.17) is 5.11 Å². The zero-order valence-electron chi connectivity index (χ0n) is 10.7. The molecule has 0 aromatic heterocycles. The van der Waals surface area contributed by atoms with Crippen LogP contribution in [0.25, 0.3) is 0 Å². The van der Waals surface area contributed by atoms with Crippen LogP contribution >= 0.6 is 0 Å². The summed E-state index contributed by atoms with van der Waals surface area (Å²) in [6.45, 7) is 0. The van der Waals surface area contributed by atoms with E-state index in [1.807, 2.05) is 0 Å². The SMILES string of the molecule is CNS(=O)(=O)c1ccc(C(=O)NC2(C(=O)O)CC2)cc1. The van der Waals surface area contributed by atoms with Crippen molar-refractivity contribution in [3.05, 3.63) is 29.8 Å². The monoisotopic (exact) mass is 298 g/mol. The summed E-state index contributed by atoms with van der Waals surface area (Å²) < 4.78 is 25.2. The Morgan fingerprint density at radius 3 is 2.15 bits per heavy atom. The fraction of sp³-hybridized carbons (Fsp3) is 0.333. The number of amides is 1.